The molecule has 0 unspecified atom stereocenters. The number of benzene rings is 1. The third-order valence-electron chi connectivity index (χ3n) is 5.19. The minimum Gasteiger partial charge on any atom is -0.353 e. The molecule has 152 valence electrons. The Hall–Kier alpha value is -3.23. The summed E-state index contributed by atoms with van der Waals surface area (Å²) in [7, 11) is 0. The van der Waals surface area contributed by atoms with E-state index in [1.807, 2.05) is 0 Å². The number of hydrogen-bond acceptors (Lipinski definition) is 5. The van der Waals surface area contributed by atoms with Crippen LogP contribution in [0.4, 0.5) is 15.9 Å². The van der Waals surface area contributed by atoms with Gasteiger partial charge in [0.05, 0.1) is 0 Å². The second-order valence-corrected chi connectivity index (χ2v) is 7.59. The fourth-order valence-electron chi connectivity index (χ4n) is 3.65. The molecule has 29 heavy (non-hydrogen) atoms. The highest BCUT2D eigenvalue weighted by molar-refractivity contribution is 5.90. The van der Waals surface area contributed by atoms with Crippen LogP contribution in [0.3, 0.4) is 0 Å². The van der Waals surface area contributed by atoms with Gasteiger partial charge in [-0.2, -0.15) is 0 Å². The van der Waals surface area contributed by atoms with Crippen LogP contribution in [-0.4, -0.2) is 38.2 Å². The van der Waals surface area contributed by atoms with Crippen molar-refractivity contribution in [3.8, 4) is 0 Å². The topological polar surface area (TPSA) is 84.5 Å². The van der Waals surface area contributed by atoms with Crippen LogP contribution in [0.1, 0.15) is 25.3 Å². The first-order valence-electron chi connectivity index (χ1n) is 9.67. The average Bonchev–Trinajstić information content (AvgIpc) is 3.00. The lowest BCUT2D eigenvalue weighted by molar-refractivity contribution is -0.117. The van der Waals surface area contributed by atoms with Crippen LogP contribution >= 0.6 is 0 Å². The summed E-state index contributed by atoms with van der Waals surface area (Å²) in [5, 5.41) is 6.95. The zero-order valence-electron chi connectivity index (χ0n) is 16.4. The van der Waals surface area contributed by atoms with E-state index in [9.17, 15) is 14.0 Å². The van der Waals surface area contributed by atoms with E-state index in [2.05, 4.69) is 27.2 Å². The van der Waals surface area contributed by atoms with E-state index < -0.39 is 17.4 Å². The zero-order chi connectivity index (χ0) is 20.5. The Kier molecular flexibility index (Phi) is 5.04. The molecule has 9 heteroatoms. The van der Waals surface area contributed by atoms with Gasteiger partial charge >= 0.3 is 5.69 Å². The van der Waals surface area contributed by atoms with Crippen molar-refractivity contribution < 1.29 is 9.18 Å². The van der Waals surface area contributed by atoms with Gasteiger partial charge in [0.25, 0.3) is 0 Å². The van der Waals surface area contributed by atoms with Crippen molar-refractivity contribution in [2.75, 3.05) is 23.3 Å². The van der Waals surface area contributed by atoms with E-state index >= 15 is 0 Å². The van der Waals surface area contributed by atoms with Crippen LogP contribution in [0.25, 0.3) is 5.65 Å². The first kappa shape index (κ1) is 19.1. The van der Waals surface area contributed by atoms with Crippen molar-refractivity contribution in [2.24, 2.45) is 5.92 Å². The van der Waals surface area contributed by atoms with Crippen LogP contribution in [0.2, 0.25) is 0 Å². The average molecular weight is 398 g/mol. The molecule has 1 atom stereocenters. The highest BCUT2D eigenvalue weighted by atomic mass is 19.1. The Morgan fingerprint density at radius 2 is 2.21 bits per heavy atom. The lowest BCUT2D eigenvalue weighted by Gasteiger charge is -2.31. The number of halogens is 1. The van der Waals surface area contributed by atoms with Gasteiger partial charge in [-0.3, -0.25) is 4.79 Å². The second-order valence-electron chi connectivity index (χ2n) is 7.59. The van der Waals surface area contributed by atoms with Crippen molar-refractivity contribution >= 4 is 23.1 Å². The molecular formula is C20H23FN6O2. The summed E-state index contributed by atoms with van der Waals surface area (Å²) in [6.07, 6.45) is 5.35. The number of carbonyl (C=O) groups excluding carboxylic acids is 1. The van der Waals surface area contributed by atoms with E-state index in [4.69, 9.17) is 0 Å². The molecule has 3 heterocycles. The van der Waals surface area contributed by atoms with Gasteiger partial charge in [0, 0.05) is 31.2 Å². The summed E-state index contributed by atoms with van der Waals surface area (Å²) >= 11 is 0. The number of amides is 1. The minimum atomic E-state index is -0.458. The fourth-order valence-corrected chi connectivity index (χ4v) is 3.65. The van der Waals surface area contributed by atoms with Crippen molar-refractivity contribution in [1.29, 1.82) is 0 Å². The predicted molar refractivity (Wildman–Crippen MR) is 108 cm³/mol. The standard InChI is InChI=1S/C20H23FN6O2/c1-13-4-3-8-25(11-13)18-19-24-27(20(29)26(19)9-7-22-18)12-17(28)23-15-6-5-14(2)16(21)10-15/h5-7,9-10,13H,3-4,8,11-12H2,1-2H3,(H,23,28)/t13-/m0/s1. The second kappa shape index (κ2) is 7.65. The quantitative estimate of drug-likeness (QED) is 0.728. The lowest BCUT2D eigenvalue weighted by atomic mass is 10.0. The number of nitrogens with one attached hydrogen (secondary N) is 1. The van der Waals surface area contributed by atoms with Gasteiger partial charge in [0.2, 0.25) is 11.6 Å². The van der Waals surface area contributed by atoms with Crippen molar-refractivity contribution in [2.45, 2.75) is 33.2 Å². The number of carbonyl (C=O) groups is 1. The van der Waals surface area contributed by atoms with Crippen LogP contribution in [0.5, 0.6) is 0 Å². The molecule has 0 saturated carbocycles. The van der Waals surface area contributed by atoms with Gasteiger partial charge < -0.3 is 10.2 Å². The predicted octanol–water partition coefficient (Wildman–Crippen LogP) is 2.21. The van der Waals surface area contributed by atoms with E-state index in [1.54, 1.807) is 31.5 Å². The molecule has 8 nitrogen and oxygen atoms in total. The van der Waals surface area contributed by atoms with E-state index in [0.29, 0.717) is 28.6 Å². The molecule has 1 N–H and O–H groups in total. The lowest BCUT2D eigenvalue weighted by Crippen LogP contribution is -2.35. The molecule has 1 aliphatic rings. The first-order valence-corrected chi connectivity index (χ1v) is 9.67. The highest BCUT2D eigenvalue weighted by Crippen LogP contribution is 2.23. The third-order valence-corrected chi connectivity index (χ3v) is 5.19. The van der Waals surface area contributed by atoms with Crippen LogP contribution in [0.15, 0.2) is 35.4 Å². The summed E-state index contributed by atoms with van der Waals surface area (Å²) in [5.74, 6) is 0.329. The molecule has 0 bridgehead atoms. The molecule has 1 aliphatic heterocycles. The van der Waals surface area contributed by atoms with Gasteiger partial charge in [0.15, 0.2) is 5.82 Å². The minimum absolute atomic E-state index is 0.272. The van der Waals surface area contributed by atoms with Crippen molar-refractivity contribution in [1.82, 2.24) is 19.2 Å². The number of rotatable bonds is 4. The maximum atomic E-state index is 13.7. The van der Waals surface area contributed by atoms with E-state index in [1.165, 1.54) is 16.9 Å². The highest BCUT2D eigenvalue weighted by Gasteiger charge is 2.22. The van der Waals surface area contributed by atoms with Gasteiger partial charge in [-0.15, -0.1) is 5.10 Å². The molecule has 1 saturated heterocycles. The molecule has 0 radical (unpaired) electrons. The van der Waals surface area contributed by atoms with Gasteiger partial charge in [0.1, 0.15) is 12.4 Å². The maximum Gasteiger partial charge on any atom is 0.350 e. The molecule has 4 rings (SSSR count). The van der Waals surface area contributed by atoms with E-state index in [-0.39, 0.29) is 6.54 Å². The molecule has 2 aromatic heterocycles. The SMILES string of the molecule is Cc1ccc(NC(=O)Cn2nc3c(N4CCC[C@H](C)C4)nccn3c2=O)cc1F. The van der Waals surface area contributed by atoms with Crippen molar-refractivity contribution in [3.63, 3.8) is 0 Å². The largest absolute Gasteiger partial charge is 0.353 e. The zero-order valence-corrected chi connectivity index (χ0v) is 16.4. The number of hydrogen-bond donors (Lipinski definition) is 1. The van der Waals surface area contributed by atoms with Gasteiger partial charge in [-0.25, -0.2) is 23.3 Å². The normalized spacial score (nSPS) is 16.9. The number of fused-ring (bicyclic) bond motifs is 1. The molecular weight excluding hydrogens is 375 g/mol. The van der Waals surface area contributed by atoms with E-state index in [0.717, 1.165) is 24.2 Å². The molecule has 0 aliphatic carbocycles. The summed E-state index contributed by atoms with van der Waals surface area (Å²) in [5.41, 5.74) is 0.839. The van der Waals surface area contributed by atoms with Crippen molar-refractivity contribution in [3.05, 3.63) is 52.5 Å². The third kappa shape index (κ3) is 3.85. The summed E-state index contributed by atoms with van der Waals surface area (Å²) in [6, 6.07) is 4.45. The Morgan fingerprint density at radius 1 is 1.38 bits per heavy atom. The molecule has 1 fully saturated rings. The number of anilines is 2. The Labute approximate surface area is 167 Å². The monoisotopic (exact) mass is 398 g/mol. The van der Waals surface area contributed by atoms with Crippen LogP contribution < -0.4 is 15.9 Å². The first-order chi connectivity index (χ1) is 13.9. The number of aryl methyl sites for hydroxylation is 1. The Morgan fingerprint density at radius 3 is 2.97 bits per heavy atom. The Balaban J connectivity index is 1.58. The number of nitrogens with zero attached hydrogens (tertiary/aromatic N) is 5. The number of aromatic nitrogens is 4. The smallest absolute Gasteiger partial charge is 0.350 e. The van der Waals surface area contributed by atoms with Gasteiger partial charge in [-0.05, 0) is 43.4 Å². The van der Waals surface area contributed by atoms with Crippen LogP contribution in [-0.2, 0) is 11.3 Å². The molecule has 1 amide bonds. The molecule has 3 aromatic rings. The van der Waals surface area contributed by atoms with Gasteiger partial charge in [-0.1, -0.05) is 13.0 Å². The fraction of sp³-hybridized carbons (Fsp3) is 0.400. The van der Waals surface area contributed by atoms with Crippen LogP contribution in [0, 0.1) is 18.7 Å². The summed E-state index contributed by atoms with van der Waals surface area (Å²) in [4.78, 5) is 31.6. The number of piperidine rings is 1. The Bertz CT molecular complexity index is 1120. The summed E-state index contributed by atoms with van der Waals surface area (Å²) in [6.45, 7) is 5.28. The molecule has 1 aromatic carbocycles. The maximum absolute atomic E-state index is 13.7. The molecule has 0 spiro atoms. The summed E-state index contributed by atoms with van der Waals surface area (Å²) < 4.78 is 16.2.